The Balaban J connectivity index is 1.40. The van der Waals surface area contributed by atoms with Gasteiger partial charge in [0.15, 0.2) is 0 Å². The van der Waals surface area contributed by atoms with E-state index in [2.05, 4.69) is 52.7 Å². The number of nitrogens with one attached hydrogen (secondary N) is 1. The highest BCUT2D eigenvalue weighted by Crippen LogP contribution is 2.27. The first kappa shape index (κ1) is 16.7. The number of piperidine rings is 1. The third kappa shape index (κ3) is 4.88. The Kier molecular flexibility index (Phi) is 6.22. The highest BCUT2D eigenvalue weighted by molar-refractivity contribution is 7.15. The van der Waals surface area contributed by atoms with Crippen LogP contribution < -0.4 is 5.32 Å². The van der Waals surface area contributed by atoms with E-state index in [1.807, 2.05) is 11.3 Å². The zero-order valence-corrected chi connectivity index (χ0v) is 14.4. The van der Waals surface area contributed by atoms with Crippen molar-refractivity contribution in [1.82, 2.24) is 10.2 Å². The first-order valence-corrected chi connectivity index (χ1v) is 9.35. The fourth-order valence-electron chi connectivity index (χ4n) is 3.18. The highest BCUT2D eigenvalue weighted by Gasteiger charge is 2.18. The standard InChI is InChI=1S/C19H26N2OS/c22-15-16-5-4-11-21(14-16)12-10-20-13-18-8-9-19(23-18)17-6-2-1-3-7-17/h1-3,6-9,16,20,22H,4-5,10-15H2. The lowest BCUT2D eigenvalue weighted by Gasteiger charge is -2.31. The van der Waals surface area contributed by atoms with Crippen molar-refractivity contribution in [2.45, 2.75) is 19.4 Å². The molecule has 3 nitrogen and oxygen atoms in total. The minimum atomic E-state index is 0.335. The van der Waals surface area contributed by atoms with Crippen LogP contribution in [0.3, 0.4) is 0 Å². The van der Waals surface area contributed by atoms with Gasteiger partial charge in [-0.1, -0.05) is 30.3 Å². The van der Waals surface area contributed by atoms with Gasteiger partial charge in [-0.25, -0.2) is 0 Å². The molecule has 1 aromatic carbocycles. The molecule has 1 aromatic heterocycles. The van der Waals surface area contributed by atoms with E-state index < -0.39 is 0 Å². The van der Waals surface area contributed by atoms with Crippen LogP contribution in [0.4, 0.5) is 0 Å². The van der Waals surface area contributed by atoms with Gasteiger partial charge in [-0.15, -0.1) is 11.3 Å². The third-order valence-electron chi connectivity index (χ3n) is 4.49. The molecule has 3 rings (SSSR count). The lowest BCUT2D eigenvalue weighted by Crippen LogP contribution is -2.40. The molecular formula is C19H26N2OS. The number of rotatable bonds is 7. The van der Waals surface area contributed by atoms with Crippen molar-refractivity contribution < 1.29 is 5.11 Å². The first-order chi connectivity index (χ1) is 11.3. The van der Waals surface area contributed by atoms with E-state index >= 15 is 0 Å². The van der Waals surface area contributed by atoms with Gasteiger partial charge >= 0.3 is 0 Å². The summed E-state index contributed by atoms with van der Waals surface area (Å²) in [6.07, 6.45) is 2.40. The van der Waals surface area contributed by atoms with E-state index in [0.29, 0.717) is 12.5 Å². The Hall–Kier alpha value is -1.20. The summed E-state index contributed by atoms with van der Waals surface area (Å²) in [7, 11) is 0. The van der Waals surface area contributed by atoms with E-state index in [-0.39, 0.29) is 0 Å². The maximum atomic E-state index is 9.28. The minimum Gasteiger partial charge on any atom is -0.396 e. The van der Waals surface area contributed by atoms with Crippen LogP contribution in [0, 0.1) is 5.92 Å². The van der Waals surface area contributed by atoms with Gasteiger partial charge in [-0.2, -0.15) is 0 Å². The molecule has 0 radical (unpaired) electrons. The number of hydrogen-bond acceptors (Lipinski definition) is 4. The molecule has 0 amide bonds. The van der Waals surface area contributed by atoms with E-state index in [9.17, 15) is 5.11 Å². The van der Waals surface area contributed by atoms with Crippen LogP contribution in [0.25, 0.3) is 10.4 Å². The molecule has 1 aliphatic rings. The lowest BCUT2D eigenvalue weighted by atomic mass is 9.99. The van der Waals surface area contributed by atoms with Gasteiger partial charge in [0.25, 0.3) is 0 Å². The van der Waals surface area contributed by atoms with Crippen molar-refractivity contribution in [2.75, 3.05) is 32.8 Å². The van der Waals surface area contributed by atoms with Crippen molar-refractivity contribution in [2.24, 2.45) is 5.92 Å². The average molecular weight is 330 g/mol. The highest BCUT2D eigenvalue weighted by atomic mass is 32.1. The fourth-order valence-corrected chi connectivity index (χ4v) is 4.17. The van der Waals surface area contributed by atoms with Gasteiger partial charge in [0.05, 0.1) is 0 Å². The lowest BCUT2D eigenvalue weighted by molar-refractivity contribution is 0.121. The summed E-state index contributed by atoms with van der Waals surface area (Å²) in [5, 5.41) is 12.8. The fraction of sp³-hybridized carbons (Fsp3) is 0.474. The second-order valence-electron chi connectivity index (χ2n) is 6.30. The van der Waals surface area contributed by atoms with E-state index in [4.69, 9.17) is 0 Å². The Bertz CT molecular complexity index is 584. The topological polar surface area (TPSA) is 35.5 Å². The number of likely N-dealkylation sites (tertiary alicyclic amines) is 1. The first-order valence-electron chi connectivity index (χ1n) is 8.53. The van der Waals surface area contributed by atoms with Gasteiger partial charge in [-0.3, -0.25) is 0 Å². The minimum absolute atomic E-state index is 0.335. The van der Waals surface area contributed by atoms with Gasteiger partial charge in [-0.05, 0) is 43.0 Å². The van der Waals surface area contributed by atoms with Crippen LogP contribution in [0.5, 0.6) is 0 Å². The van der Waals surface area contributed by atoms with Crippen molar-refractivity contribution in [3.8, 4) is 10.4 Å². The molecule has 0 aliphatic carbocycles. The second-order valence-corrected chi connectivity index (χ2v) is 7.47. The van der Waals surface area contributed by atoms with Crippen LogP contribution in [0.2, 0.25) is 0 Å². The molecule has 1 fully saturated rings. The largest absolute Gasteiger partial charge is 0.396 e. The summed E-state index contributed by atoms with van der Waals surface area (Å²) < 4.78 is 0. The van der Waals surface area contributed by atoms with Crippen molar-refractivity contribution >= 4 is 11.3 Å². The quantitative estimate of drug-likeness (QED) is 0.765. The number of aliphatic hydroxyl groups is 1. The summed E-state index contributed by atoms with van der Waals surface area (Å²) in [6.45, 7) is 5.59. The average Bonchev–Trinajstić information content (AvgIpc) is 3.09. The zero-order chi connectivity index (χ0) is 15.9. The van der Waals surface area contributed by atoms with Crippen LogP contribution in [-0.2, 0) is 6.54 Å². The summed E-state index contributed by atoms with van der Waals surface area (Å²) in [5.74, 6) is 0.481. The Morgan fingerprint density at radius 3 is 2.87 bits per heavy atom. The van der Waals surface area contributed by atoms with E-state index in [0.717, 1.165) is 26.2 Å². The molecule has 2 N–H and O–H groups in total. The van der Waals surface area contributed by atoms with Gasteiger partial charge in [0.2, 0.25) is 0 Å². The maximum absolute atomic E-state index is 9.28. The number of aliphatic hydroxyl groups excluding tert-OH is 1. The Morgan fingerprint density at radius 1 is 1.17 bits per heavy atom. The molecule has 1 unspecified atom stereocenters. The third-order valence-corrected chi connectivity index (χ3v) is 5.62. The number of benzene rings is 1. The van der Waals surface area contributed by atoms with Crippen LogP contribution in [-0.4, -0.2) is 42.8 Å². The summed E-state index contributed by atoms with van der Waals surface area (Å²) >= 11 is 1.87. The molecule has 0 bridgehead atoms. The zero-order valence-electron chi connectivity index (χ0n) is 13.6. The number of thiophene rings is 1. The smallest absolute Gasteiger partial charge is 0.0471 e. The van der Waals surface area contributed by atoms with Crippen molar-refractivity contribution in [3.05, 3.63) is 47.3 Å². The van der Waals surface area contributed by atoms with Gasteiger partial charge < -0.3 is 15.3 Å². The molecule has 4 heteroatoms. The molecule has 2 heterocycles. The van der Waals surface area contributed by atoms with Crippen LogP contribution in [0.15, 0.2) is 42.5 Å². The number of nitrogens with zero attached hydrogens (tertiary/aromatic N) is 1. The number of hydrogen-bond donors (Lipinski definition) is 2. The van der Waals surface area contributed by atoms with E-state index in [1.54, 1.807) is 0 Å². The molecule has 124 valence electrons. The molecule has 1 saturated heterocycles. The predicted molar refractivity (Wildman–Crippen MR) is 97.7 cm³/mol. The van der Waals surface area contributed by atoms with E-state index in [1.165, 1.54) is 34.7 Å². The Morgan fingerprint density at radius 2 is 2.04 bits per heavy atom. The van der Waals surface area contributed by atoms with Crippen molar-refractivity contribution in [1.29, 1.82) is 0 Å². The molecule has 0 saturated carbocycles. The molecule has 1 aliphatic heterocycles. The monoisotopic (exact) mass is 330 g/mol. The van der Waals surface area contributed by atoms with Crippen LogP contribution >= 0.6 is 11.3 Å². The summed E-state index contributed by atoms with van der Waals surface area (Å²) in [5.41, 5.74) is 1.30. The molecular weight excluding hydrogens is 304 g/mol. The maximum Gasteiger partial charge on any atom is 0.0471 e. The van der Waals surface area contributed by atoms with Gasteiger partial charge in [0.1, 0.15) is 0 Å². The molecule has 2 aromatic rings. The second kappa shape index (κ2) is 8.60. The Labute approximate surface area is 143 Å². The molecule has 1 atom stereocenters. The predicted octanol–water partition coefficient (Wildman–Crippen LogP) is 3.21. The molecule has 0 spiro atoms. The van der Waals surface area contributed by atoms with Gasteiger partial charge in [0, 0.05) is 42.5 Å². The summed E-state index contributed by atoms with van der Waals surface area (Å²) in [6, 6.07) is 15.0. The molecule has 23 heavy (non-hydrogen) atoms. The summed E-state index contributed by atoms with van der Waals surface area (Å²) in [4.78, 5) is 5.20. The normalized spacial score (nSPS) is 19.1. The van der Waals surface area contributed by atoms with Crippen molar-refractivity contribution in [3.63, 3.8) is 0 Å². The SMILES string of the molecule is OCC1CCCN(CCNCc2ccc(-c3ccccc3)s2)C1. The van der Waals surface area contributed by atoms with Crippen LogP contribution in [0.1, 0.15) is 17.7 Å².